The summed E-state index contributed by atoms with van der Waals surface area (Å²) >= 11 is 0. The monoisotopic (exact) mass is 303 g/mol. The number of rotatable bonds is 2. The zero-order valence-electron chi connectivity index (χ0n) is 12.6. The topological polar surface area (TPSA) is 61.4 Å². The summed E-state index contributed by atoms with van der Waals surface area (Å²) in [5.41, 5.74) is -0.445. The highest BCUT2D eigenvalue weighted by atomic mass is 35.5. The van der Waals surface area contributed by atoms with Crippen LogP contribution in [0.25, 0.3) is 0 Å². The first kappa shape index (κ1) is 17.2. The highest BCUT2D eigenvalue weighted by molar-refractivity contribution is 5.87. The Morgan fingerprint density at radius 3 is 2.50 bits per heavy atom. The molecule has 2 saturated heterocycles. The highest BCUT2D eigenvalue weighted by Gasteiger charge is 2.37. The fourth-order valence-electron chi connectivity index (χ4n) is 2.90. The molecular weight excluding hydrogens is 278 g/mol. The van der Waals surface area contributed by atoms with Gasteiger partial charge in [-0.25, -0.2) is 0 Å². The van der Waals surface area contributed by atoms with E-state index in [2.05, 4.69) is 10.6 Å². The van der Waals surface area contributed by atoms with Crippen molar-refractivity contribution >= 4 is 24.2 Å². The van der Waals surface area contributed by atoms with E-state index in [9.17, 15) is 9.59 Å². The lowest BCUT2D eigenvalue weighted by atomic mass is 9.96. The molecule has 2 unspecified atom stereocenters. The van der Waals surface area contributed by atoms with Crippen molar-refractivity contribution in [2.45, 2.75) is 52.1 Å². The molecule has 20 heavy (non-hydrogen) atoms. The molecular formula is C14H26ClN3O2. The second-order valence-electron chi connectivity index (χ2n) is 6.61. The molecule has 0 aromatic carbocycles. The maximum atomic E-state index is 12.3. The van der Waals surface area contributed by atoms with Gasteiger partial charge in [0.2, 0.25) is 11.8 Å². The van der Waals surface area contributed by atoms with E-state index in [1.54, 1.807) is 0 Å². The van der Waals surface area contributed by atoms with Gasteiger partial charge >= 0.3 is 0 Å². The average molecular weight is 304 g/mol. The number of hydrogen-bond donors (Lipinski definition) is 2. The summed E-state index contributed by atoms with van der Waals surface area (Å²) < 4.78 is 0. The van der Waals surface area contributed by atoms with Gasteiger partial charge in [-0.15, -0.1) is 12.4 Å². The lowest BCUT2D eigenvalue weighted by Gasteiger charge is -2.28. The van der Waals surface area contributed by atoms with Crippen LogP contribution in [0.2, 0.25) is 0 Å². The molecule has 6 heteroatoms. The van der Waals surface area contributed by atoms with Gasteiger partial charge in [-0.1, -0.05) is 20.8 Å². The minimum atomic E-state index is -0.445. The number of carbonyl (C=O) groups is 2. The summed E-state index contributed by atoms with van der Waals surface area (Å²) in [6.45, 7) is 7.56. The molecule has 0 aliphatic carbocycles. The second kappa shape index (κ2) is 6.76. The van der Waals surface area contributed by atoms with Gasteiger partial charge in [0.25, 0.3) is 0 Å². The first-order valence-corrected chi connectivity index (χ1v) is 7.20. The molecule has 2 atom stereocenters. The van der Waals surface area contributed by atoms with Crippen molar-refractivity contribution < 1.29 is 9.59 Å². The van der Waals surface area contributed by atoms with Crippen molar-refractivity contribution in [2.75, 3.05) is 19.6 Å². The smallest absolute Gasteiger partial charge is 0.242 e. The molecule has 2 bridgehead atoms. The number of halogens is 1. The first-order valence-electron chi connectivity index (χ1n) is 7.20. The Hall–Kier alpha value is -0.810. The second-order valence-corrected chi connectivity index (χ2v) is 6.61. The minimum absolute atomic E-state index is 0. The van der Waals surface area contributed by atoms with Crippen LogP contribution in [0, 0.1) is 5.41 Å². The van der Waals surface area contributed by atoms with Gasteiger partial charge in [-0.05, 0) is 25.8 Å². The van der Waals surface area contributed by atoms with Gasteiger partial charge in [0.15, 0.2) is 0 Å². The number of nitrogens with zero attached hydrogens (tertiary/aromatic N) is 1. The fraction of sp³-hybridized carbons (Fsp3) is 0.857. The summed E-state index contributed by atoms with van der Waals surface area (Å²) in [5, 5.41) is 6.13. The van der Waals surface area contributed by atoms with Crippen LogP contribution in [0.1, 0.15) is 40.0 Å². The van der Waals surface area contributed by atoms with Crippen LogP contribution in [0.4, 0.5) is 0 Å². The molecule has 2 fully saturated rings. The van der Waals surface area contributed by atoms with Crippen molar-refractivity contribution in [1.82, 2.24) is 15.5 Å². The summed E-state index contributed by atoms with van der Waals surface area (Å²) in [6, 6.07) is 0.672. The number of hydrogen-bond acceptors (Lipinski definition) is 3. The molecule has 2 N–H and O–H groups in total. The number of fused-ring (bicyclic) bond motifs is 2. The van der Waals surface area contributed by atoms with Crippen LogP contribution in [0.5, 0.6) is 0 Å². The van der Waals surface area contributed by atoms with Crippen molar-refractivity contribution in [2.24, 2.45) is 5.41 Å². The molecule has 2 amide bonds. The zero-order valence-corrected chi connectivity index (χ0v) is 13.4. The van der Waals surface area contributed by atoms with E-state index in [4.69, 9.17) is 0 Å². The van der Waals surface area contributed by atoms with Gasteiger partial charge < -0.3 is 15.5 Å². The lowest BCUT2D eigenvalue weighted by molar-refractivity contribution is -0.136. The summed E-state index contributed by atoms with van der Waals surface area (Å²) in [7, 11) is 0. The minimum Gasteiger partial charge on any atom is -0.347 e. The van der Waals surface area contributed by atoms with E-state index >= 15 is 0 Å². The molecule has 2 aliphatic rings. The highest BCUT2D eigenvalue weighted by Crippen LogP contribution is 2.27. The van der Waals surface area contributed by atoms with E-state index in [0.717, 1.165) is 32.4 Å². The Morgan fingerprint density at radius 2 is 1.85 bits per heavy atom. The van der Waals surface area contributed by atoms with Crippen LogP contribution in [0.3, 0.4) is 0 Å². The number of carbonyl (C=O) groups excluding carboxylic acids is 2. The van der Waals surface area contributed by atoms with Crippen LogP contribution >= 0.6 is 12.4 Å². The third-order valence-electron chi connectivity index (χ3n) is 4.02. The van der Waals surface area contributed by atoms with Crippen LogP contribution in [-0.2, 0) is 9.59 Å². The molecule has 0 aromatic heterocycles. The van der Waals surface area contributed by atoms with Crippen molar-refractivity contribution in [3.8, 4) is 0 Å². The fourth-order valence-corrected chi connectivity index (χ4v) is 2.90. The van der Waals surface area contributed by atoms with Crippen molar-refractivity contribution in [3.05, 3.63) is 0 Å². The number of amides is 2. The average Bonchev–Trinajstić information content (AvgIpc) is 2.58. The molecule has 2 heterocycles. The zero-order chi connectivity index (χ0) is 14.0. The lowest BCUT2D eigenvalue weighted by Crippen LogP contribution is -2.48. The molecule has 0 saturated carbocycles. The van der Waals surface area contributed by atoms with Gasteiger partial charge in [0.1, 0.15) is 0 Å². The van der Waals surface area contributed by atoms with Gasteiger partial charge in [-0.2, -0.15) is 0 Å². The normalized spacial score (nSPS) is 25.6. The molecule has 0 spiro atoms. The molecule has 0 aromatic rings. The molecule has 2 aliphatic heterocycles. The Kier molecular flexibility index (Phi) is 5.83. The third kappa shape index (κ3) is 3.85. The van der Waals surface area contributed by atoms with Gasteiger partial charge in [0, 0.05) is 24.0 Å². The van der Waals surface area contributed by atoms with E-state index in [0.29, 0.717) is 12.1 Å². The standard InChI is InChI=1S/C14H25N3O2.ClH/c1-14(2,3)13(19)16-9-12(18)17-10-4-5-11(17)8-15-7-6-10;/h10-11,15H,4-9H2,1-3H3,(H,16,19);1H. The third-order valence-corrected chi connectivity index (χ3v) is 4.02. The predicted molar refractivity (Wildman–Crippen MR) is 80.9 cm³/mol. The Bertz CT molecular complexity index is 354. The summed E-state index contributed by atoms with van der Waals surface area (Å²) in [4.78, 5) is 26.1. The van der Waals surface area contributed by atoms with Crippen molar-refractivity contribution in [3.63, 3.8) is 0 Å². The first-order chi connectivity index (χ1) is 8.89. The largest absolute Gasteiger partial charge is 0.347 e. The maximum Gasteiger partial charge on any atom is 0.242 e. The Morgan fingerprint density at radius 1 is 1.20 bits per heavy atom. The maximum absolute atomic E-state index is 12.3. The molecule has 0 radical (unpaired) electrons. The quantitative estimate of drug-likeness (QED) is 0.797. The number of nitrogens with one attached hydrogen (secondary N) is 2. The Balaban J connectivity index is 0.00000200. The van der Waals surface area contributed by atoms with Crippen LogP contribution < -0.4 is 10.6 Å². The van der Waals surface area contributed by atoms with E-state index in [1.165, 1.54) is 0 Å². The van der Waals surface area contributed by atoms with Crippen molar-refractivity contribution in [1.29, 1.82) is 0 Å². The summed E-state index contributed by atoms with van der Waals surface area (Å²) in [5.74, 6) is -0.00468. The van der Waals surface area contributed by atoms with E-state index in [-0.39, 0.29) is 30.8 Å². The Labute approximate surface area is 127 Å². The molecule has 116 valence electrons. The van der Waals surface area contributed by atoms with Crippen LogP contribution in [-0.4, -0.2) is 48.4 Å². The van der Waals surface area contributed by atoms with Crippen LogP contribution in [0.15, 0.2) is 0 Å². The van der Waals surface area contributed by atoms with Gasteiger partial charge in [0.05, 0.1) is 6.54 Å². The van der Waals surface area contributed by atoms with Gasteiger partial charge in [-0.3, -0.25) is 9.59 Å². The summed E-state index contributed by atoms with van der Waals surface area (Å²) in [6.07, 6.45) is 3.21. The van der Waals surface area contributed by atoms with E-state index in [1.807, 2.05) is 25.7 Å². The molecule has 2 rings (SSSR count). The van der Waals surface area contributed by atoms with E-state index < -0.39 is 5.41 Å². The predicted octanol–water partition coefficient (Wildman–Crippen LogP) is 0.923. The molecule has 5 nitrogen and oxygen atoms in total. The SMILES string of the molecule is CC(C)(C)C(=O)NCC(=O)N1C2CCNCC1CC2.Cl.